The van der Waals surface area contributed by atoms with Crippen LogP contribution in [0.3, 0.4) is 0 Å². The number of nitrogens with one attached hydrogen (secondary N) is 1. The lowest BCUT2D eigenvalue weighted by atomic mass is 10.1. The van der Waals surface area contributed by atoms with Gasteiger partial charge in [-0.2, -0.15) is 0 Å². The normalized spacial score (nSPS) is 10.4. The molecule has 0 aliphatic heterocycles. The largest absolute Gasteiger partial charge is 0.494 e. The molecule has 0 bridgehead atoms. The molecule has 0 spiro atoms. The number of hydrogen-bond donors (Lipinski definition) is 1. The van der Waals surface area contributed by atoms with E-state index in [1.54, 1.807) is 0 Å². The average molecular weight is 334 g/mol. The van der Waals surface area contributed by atoms with Crippen LogP contribution >= 0.6 is 15.9 Å². The average Bonchev–Trinajstić information content (AvgIpc) is 2.40. The minimum atomic E-state index is 0.697. The molecule has 0 fully saturated rings. The predicted molar refractivity (Wildman–Crippen MR) is 88.6 cm³/mol. The van der Waals surface area contributed by atoms with Gasteiger partial charge in [0.05, 0.1) is 6.61 Å². The van der Waals surface area contributed by atoms with Crippen molar-refractivity contribution in [3.8, 4) is 5.75 Å². The lowest BCUT2D eigenvalue weighted by molar-refractivity contribution is 0.340. The molecule has 0 radical (unpaired) electrons. The SMILES string of the molecule is CCOc1ccc(NCc2ccc(C)cc2Br)c(C)c1. The van der Waals surface area contributed by atoms with E-state index in [0.29, 0.717) is 6.61 Å². The monoisotopic (exact) mass is 333 g/mol. The zero-order valence-electron chi connectivity index (χ0n) is 12.2. The van der Waals surface area contributed by atoms with Gasteiger partial charge in [0.25, 0.3) is 0 Å². The maximum atomic E-state index is 5.50. The van der Waals surface area contributed by atoms with Gasteiger partial charge in [-0.05, 0) is 61.7 Å². The Morgan fingerprint density at radius 1 is 1.10 bits per heavy atom. The van der Waals surface area contributed by atoms with Gasteiger partial charge in [0, 0.05) is 16.7 Å². The topological polar surface area (TPSA) is 21.3 Å². The number of anilines is 1. The van der Waals surface area contributed by atoms with Crippen LogP contribution in [0.1, 0.15) is 23.6 Å². The molecule has 0 amide bonds. The van der Waals surface area contributed by atoms with Gasteiger partial charge in [0.1, 0.15) is 5.75 Å². The molecule has 20 heavy (non-hydrogen) atoms. The van der Waals surface area contributed by atoms with Crippen molar-refractivity contribution >= 4 is 21.6 Å². The van der Waals surface area contributed by atoms with Crippen LogP contribution in [0.2, 0.25) is 0 Å². The van der Waals surface area contributed by atoms with Gasteiger partial charge >= 0.3 is 0 Å². The standard InChI is InChI=1S/C17H20BrNO/c1-4-20-15-7-8-17(13(3)10-15)19-11-14-6-5-12(2)9-16(14)18/h5-10,19H,4,11H2,1-3H3. The van der Waals surface area contributed by atoms with Crippen molar-refractivity contribution in [3.05, 3.63) is 57.6 Å². The summed E-state index contributed by atoms with van der Waals surface area (Å²) in [5, 5.41) is 3.47. The molecule has 0 saturated carbocycles. The number of ether oxygens (including phenoxy) is 1. The molecule has 2 rings (SSSR count). The molecule has 1 N–H and O–H groups in total. The summed E-state index contributed by atoms with van der Waals surface area (Å²) in [5.74, 6) is 0.923. The van der Waals surface area contributed by atoms with Crippen molar-refractivity contribution in [2.75, 3.05) is 11.9 Å². The Hall–Kier alpha value is -1.48. The van der Waals surface area contributed by atoms with Crippen molar-refractivity contribution < 1.29 is 4.74 Å². The summed E-state index contributed by atoms with van der Waals surface area (Å²) in [7, 11) is 0. The molecule has 0 aromatic heterocycles. The first-order valence-electron chi connectivity index (χ1n) is 6.82. The van der Waals surface area contributed by atoms with E-state index < -0.39 is 0 Å². The molecule has 106 valence electrons. The van der Waals surface area contributed by atoms with E-state index in [1.165, 1.54) is 16.7 Å². The summed E-state index contributed by atoms with van der Waals surface area (Å²) in [6.45, 7) is 7.68. The van der Waals surface area contributed by atoms with Crippen LogP contribution in [0.15, 0.2) is 40.9 Å². The second kappa shape index (κ2) is 6.80. The summed E-state index contributed by atoms with van der Waals surface area (Å²) in [4.78, 5) is 0. The van der Waals surface area contributed by atoms with Crippen LogP contribution in [-0.2, 0) is 6.54 Å². The fourth-order valence-corrected chi connectivity index (χ4v) is 2.71. The molecule has 0 unspecified atom stereocenters. The molecule has 0 atom stereocenters. The molecule has 2 aromatic rings. The van der Waals surface area contributed by atoms with Gasteiger partial charge in [0.15, 0.2) is 0 Å². The van der Waals surface area contributed by atoms with Crippen molar-refractivity contribution in [2.45, 2.75) is 27.3 Å². The van der Waals surface area contributed by atoms with E-state index in [-0.39, 0.29) is 0 Å². The van der Waals surface area contributed by atoms with Crippen molar-refractivity contribution in [3.63, 3.8) is 0 Å². The third-order valence-corrected chi connectivity index (χ3v) is 3.92. The van der Waals surface area contributed by atoms with Crippen molar-refractivity contribution in [1.29, 1.82) is 0 Å². The Morgan fingerprint density at radius 2 is 1.90 bits per heavy atom. The molecular formula is C17H20BrNO. The van der Waals surface area contributed by atoms with Gasteiger partial charge < -0.3 is 10.1 Å². The Balaban J connectivity index is 2.07. The molecule has 2 aromatic carbocycles. The second-order valence-corrected chi connectivity index (χ2v) is 5.71. The zero-order chi connectivity index (χ0) is 14.5. The first-order valence-corrected chi connectivity index (χ1v) is 7.62. The van der Waals surface area contributed by atoms with Crippen molar-refractivity contribution in [2.24, 2.45) is 0 Å². The van der Waals surface area contributed by atoms with Crippen LogP contribution in [0, 0.1) is 13.8 Å². The Kier molecular flexibility index (Phi) is 5.07. The molecular weight excluding hydrogens is 314 g/mol. The first-order chi connectivity index (χ1) is 9.60. The van der Waals surface area contributed by atoms with Gasteiger partial charge in [-0.3, -0.25) is 0 Å². The van der Waals surface area contributed by atoms with Crippen LogP contribution < -0.4 is 10.1 Å². The Labute approximate surface area is 129 Å². The third kappa shape index (κ3) is 3.76. The smallest absolute Gasteiger partial charge is 0.119 e. The lowest BCUT2D eigenvalue weighted by Crippen LogP contribution is -2.02. The number of hydrogen-bond acceptors (Lipinski definition) is 2. The maximum Gasteiger partial charge on any atom is 0.119 e. The highest BCUT2D eigenvalue weighted by Gasteiger charge is 2.03. The summed E-state index contributed by atoms with van der Waals surface area (Å²) in [5.41, 5.74) is 4.85. The summed E-state index contributed by atoms with van der Waals surface area (Å²) < 4.78 is 6.65. The molecule has 0 heterocycles. The zero-order valence-corrected chi connectivity index (χ0v) is 13.8. The van der Waals surface area contributed by atoms with E-state index in [9.17, 15) is 0 Å². The van der Waals surface area contributed by atoms with Gasteiger partial charge in [-0.1, -0.05) is 28.1 Å². The Morgan fingerprint density at radius 3 is 2.55 bits per heavy atom. The quantitative estimate of drug-likeness (QED) is 0.824. The fourth-order valence-electron chi connectivity index (χ4n) is 2.08. The minimum absolute atomic E-state index is 0.697. The summed E-state index contributed by atoms with van der Waals surface area (Å²) in [6.07, 6.45) is 0. The molecule has 0 saturated heterocycles. The van der Waals surface area contributed by atoms with Gasteiger partial charge in [-0.15, -0.1) is 0 Å². The first kappa shape index (κ1) is 14.9. The second-order valence-electron chi connectivity index (χ2n) is 4.86. The third-order valence-electron chi connectivity index (χ3n) is 3.19. The number of halogens is 1. The van der Waals surface area contributed by atoms with Crippen LogP contribution in [0.25, 0.3) is 0 Å². The van der Waals surface area contributed by atoms with E-state index in [0.717, 1.165) is 22.5 Å². The summed E-state index contributed by atoms with van der Waals surface area (Å²) >= 11 is 3.61. The van der Waals surface area contributed by atoms with Gasteiger partial charge in [0.2, 0.25) is 0 Å². The van der Waals surface area contributed by atoms with Crippen LogP contribution in [0.4, 0.5) is 5.69 Å². The fraction of sp³-hybridized carbons (Fsp3) is 0.294. The number of aryl methyl sites for hydroxylation is 2. The lowest BCUT2D eigenvalue weighted by Gasteiger charge is -2.12. The van der Waals surface area contributed by atoms with Crippen molar-refractivity contribution in [1.82, 2.24) is 0 Å². The van der Waals surface area contributed by atoms with E-state index in [4.69, 9.17) is 4.74 Å². The maximum absolute atomic E-state index is 5.50. The molecule has 0 aliphatic carbocycles. The molecule has 2 nitrogen and oxygen atoms in total. The van der Waals surface area contributed by atoms with E-state index in [2.05, 4.69) is 65.4 Å². The highest BCUT2D eigenvalue weighted by Crippen LogP contribution is 2.24. The highest BCUT2D eigenvalue weighted by atomic mass is 79.9. The van der Waals surface area contributed by atoms with Crippen LogP contribution in [0.5, 0.6) is 5.75 Å². The van der Waals surface area contributed by atoms with Crippen LogP contribution in [-0.4, -0.2) is 6.61 Å². The van der Waals surface area contributed by atoms with Gasteiger partial charge in [-0.25, -0.2) is 0 Å². The highest BCUT2D eigenvalue weighted by molar-refractivity contribution is 9.10. The van der Waals surface area contributed by atoms with E-state index >= 15 is 0 Å². The molecule has 3 heteroatoms. The Bertz CT molecular complexity index is 596. The number of rotatable bonds is 5. The van der Waals surface area contributed by atoms with E-state index in [1.807, 2.05) is 13.0 Å². The number of benzene rings is 2. The minimum Gasteiger partial charge on any atom is -0.494 e. The predicted octanol–water partition coefficient (Wildman–Crippen LogP) is 5.08. The molecule has 0 aliphatic rings. The summed E-state index contributed by atoms with van der Waals surface area (Å²) in [6, 6.07) is 12.6.